The highest BCUT2D eigenvalue weighted by atomic mass is 32.2. The first-order chi connectivity index (χ1) is 14.3. The molecule has 0 saturated carbocycles. The van der Waals surface area contributed by atoms with Crippen molar-refractivity contribution in [2.75, 3.05) is 19.8 Å². The van der Waals surface area contributed by atoms with Gasteiger partial charge in [0.05, 0.1) is 20.9 Å². The van der Waals surface area contributed by atoms with Gasteiger partial charge in [-0.2, -0.15) is 4.31 Å². The highest BCUT2D eigenvalue weighted by Gasteiger charge is 2.36. The van der Waals surface area contributed by atoms with Crippen molar-refractivity contribution in [3.63, 3.8) is 0 Å². The minimum absolute atomic E-state index is 0.204. The van der Waals surface area contributed by atoms with Gasteiger partial charge in [-0.05, 0) is 37.1 Å². The van der Waals surface area contributed by atoms with Crippen LogP contribution in [0.5, 0.6) is 5.75 Å². The van der Waals surface area contributed by atoms with Crippen molar-refractivity contribution >= 4 is 27.5 Å². The van der Waals surface area contributed by atoms with Crippen LogP contribution in [0.2, 0.25) is 0 Å². The van der Waals surface area contributed by atoms with Crippen LogP contribution in [0.25, 0.3) is 0 Å². The van der Waals surface area contributed by atoms with E-state index < -0.39 is 39.2 Å². The number of rotatable bonds is 6. The zero-order valence-corrected chi connectivity index (χ0v) is 16.5. The third kappa shape index (κ3) is 3.31. The normalized spacial score (nSPS) is 16.7. The number of nitro benzene ring substituents is 1. The Morgan fingerprint density at radius 2 is 1.60 bits per heavy atom. The van der Waals surface area contributed by atoms with Gasteiger partial charge in [0.15, 0.2) is 12.5 Å². The second-order valence-corrected chi connectivity index (χ2v) is 8.79. The summed E-state index contributed by atoms with van der Waals surface area (Å²) in [5.74, 6) is -1.37. The summed E-state index contributed by atoms with van der Waals surface area (Å²) >= 11 is 0. The van der Waals surface area contributed by atoms with Crippen molar-refractivity contribution in [2.24, 2.45) is 0 Å². The SMILES string of the molecule is O=C1c2ccccc2C(=O)N1COc1ccc(S(=O)(=O)N2CCCC2)cc1[N+](=O)[O-]. The molecule has 0 bridgehead atoms. The van der Waals surface area contributed by atoms with Gasteiger partial charge < -0.3 is 4.74 Å². The fourth-order valence-corrected chi connectivity index (χ4v) is 5.03. The Hall–Kier alpha value is -3.31. The standard InChI is InChI=1S/C19H17N3O7S/c23-18-14-5-1-2-6-15(14)19(24)21(18)12-29-17-8-7-13(11-16(17)22(25)26)30(27,28)20-9-3-4-10-20/h1-2,5-8,11H,3-4,9-10,12H2. The summed E-state index contributed by atoms with van der Waals surface area (Å²) in [6.45, 7) is 0.202. The first-order valence-corrected chi connectivity index (χ1v) is 10.6. The molecule has 10 nitrogen and oxygen atoms in total. The van der Waals surface area contributed by atoms with Gasteiger partial charge in [0.1, 0.15) is 0 Å². The lowest BCUT2D eigenvalue weighted by molar-refractivity contribution is -0.386. The topological polar surface area (TPSA) is 127 Å². The molecule has 2 heterocycles. The molecule has 1 saturated heterocycles. The average Bonchev–Trinajstić information content (AvgIpc) is 3.36. The summed E-state index contributed by atoms with van der Waals surface area (Å²) in [4.78, 5) is 36.1. The zero-order valence-electron chi connectivity index (χ0n) is 15.7. The Balaban J connectivity index is 1.57. The van der Waals surface area contributed by atoms with Crippen LogP contribution in [0, 0.1) is 10.1 Å². The molecule has 2 aliphatic heterocycles. The third-order valence-electron chi connectivity index (χ3n) is 5.06. The molecule has 0 radical (unpaired) electrons. The number of amides is 2. The number of benzene rings is 2. The van der Waals surface area contributed by atoms with Crippen LogP contribution < -0.4 is 4.74 Å². The van der Waals surface area contributed by atoms with E-state index in [4.69, 9.17) is 4.74 Å². The van der Waals surface area contributed by atoms with Gasteiger partial charge in [-0.3, -0.25) is 19.7 Å². The fraction of sp³-hybridized carbons (Fsp3) is 0.263. The highest BCUT2D eigenvalue weighted by Crippen LogP contribution is 2.32. The van der Waals surface area contributed by atoms with Crippen LogP contribution in [0.1, 0.15) is 33.6 Å². The number of nitro groups is 1. The highest BCUT2D eigenvalue weighted by molar-refractivity contribution is 7.89. The van der Waals surface area contributed by atoms with Crippen molar-refractivity contribution in [2.45, 2.75) is 17.7 Å². The van der Waals surface area contributed by atoms with Gasteiger partial charge in [0.25, 0.3) is 11.8 Å². The maximum Gasteiger partial charge on any atom is 0.312 e. The predicted octanol–water partition coefficient (Wildman–Crippen LogP) is 2.01. The molecule has 2 amide bonds. The van der Waals surface area contributed by atoms with E-state index in [0.29, 0.717) is 13.1 Å². The second kappa shape index (κ2) is 7.50. The fourth-order valence-electron chi connectivity index (χ4n) is 3.49. The minimum Gasteiger partial charge on any atom is -0.465 e. The van der Waals surface area contributed by atoms with Crippen molar-refractivity contribution in [1.82, 2.24) is 9.21 Å². The summed E-state index contributed by atoms with van der Waals surface area (Å²) in [6, 6.07) is 9.59. The van der Waals surface area contributed by atoms with Crippen LogP contribution in [0.15, 0.2) is 47.4 Å². The minimum atomic E-state index is -3.84. The number of hydrogen-bond acceptors (Lipinski definition) is 7. The number of sulfonamides is 1. The third-order valence-corrected chi connectivity index (χ3v) is 6.95. The first-order valence-electron chi connectivity index (χ1n) is 9.17. The summed E-state index contributed by atoms with van der Waals surface area (Å²) in [5.41, 5.74) is -0.104. The lowest BCUT2D eigenvalue weighted by atomic mass is 10.1. The second-order valence-electron chi connectivity index (χ2n) is 6.86. The van der Waals surface area contributed by atoms with E-state index in [9.17, 15) is 28.1 Å². The predicted molar refractivity (Wildman–Crippen MR) is 104 cm³/mol. The number of imide groups is 1. The van der Waals surface area contributed by atoms with E-state index in [1.807, 2.05) is 0 Å². The molecule has 0 atom stereocenters. The van der Waals surface area contributed by atoms with Crippen LogP contribution in [0.3, 0.4) is 0 Å². The van der Waals surface area contributed by atoms with Crippen LogP contribution in [-0.4, -0.2) is 54.2 Å². The Morgan fingerprint density at radius 3 is 2.17 bits per heavy atom. The monoisotopic (exact) mass is 431 g/mol. The van der Waals surface area contributed by atoms with Gasteiger partial charge in [0.2, 0.25) is 10.0 Å². The number of carbonyl (C=O) groups excluding carboxylic acids is 2. The van der Waals surface area contributed by atoms with Gasteiger partial charge >= 0.3 is 5.69 Å². The van der Waals surface area contributed by atoms with Gasteiger partial charge in [0, 0.05) is 19.2 Å². The molecule has 0 N–H and O–H groups in total. The van der Waals surface area contributed by atoms with Gasteiger partial charge in [-0.15, -0.1) is 0 Å². The number of ether oxygens (including phenoxy) is 1. The molecule has 1 fully saturated rings. The summed E-state index contributed by atoms with van der Waals surface area (Å²) < 4.78 is 32.0. The van der Waals surface area contributed by atoms with E-state index in [-0.39, 0.29) is 21.8 Å². The van der Waals surface area contributed by atoms with E-state index in [2.05, 4.69) is 0 Å². The van der Waals surface area contributed by atoms with Crippen LogP contribution in [0.4, 0.5) is 5.69 Å². The number of carbonyl (C=O) groups is 2. The van der Waals surface area contributed by atoms with E-state index in [1.54, 1.807) is 12.1 Å². The molecule has 11 heteroatoms. The van der Waals surface area contributed by atoms with Gasteiger partial charge in [-0.25, -0.2) is 13.3 Å². The first kappa shape index (κ1) is 20.0. The molecule has 4 rings (SSSR count). The van der Waals surface area contributed by atoms with Crippen molar-refractivity contribution in [1.29, 1.82) is 0 Å². The van der Waals surface area contributed by atoms with E-state index >= 15 is 0 Å². The molecule has 2 aromatic carbocycles. The van der Waals surface area contributed by atoms with Crippen LogP contribution in [-0.2, 0) is 10.0 Å². The summed E-state index contributed by atoms with van der Waals surface area (Å²) in [5, 5.41) is 11.5. The molecular weight excluding hydrogens is 414 g/mol. The van der Waals surface area contributed by atoms with E-state index in [1.165, 1.54) is 28.6 Å². The smallest absolute Gasteiger partial charge is 0.312 e. The number of fused-ring (bicyclic) bond motifs is 1. The Kier molecular flexibility index (Phi) is 5.00. The van der Waals surface area contributed by atoms with Crippen molar-refractivity contribution < 1.29 is 27.7 Å². The van der Waals surface area contributed by atoms with Crippen molar-refractivity contribution in [3.05, 3.63) is 63.7 Å². The maximum absolute atomic E-state index is 12.7. The van der Waals surface area contributed by atoms with Gasteiger partial charge in [-0.1, -0.05) is 12.1 Å². The molecule has 2 aliphatic rings. The zero-order chi connectivity index (χ0) is 21.5. The van der Waals surface area contributed by atoms with Crippen LogP contribution >= 0.6 is 0 Å². The molecular formula is C19H17N3O7S. The molecule has 156 valence electrons. The molecule has 0 aliphatic carbocycles. The summed E-state index contributed by atoms with van der Waals surface area (Å²) in [6.07, 6.45) is 1.48. The molecule has 0 aromatic heterocycles. The molecule has 0 spiro atoms. The largest absolute Gasteiger partial charge is 0.465 e. The van der Waals surface area contributed by atoms with Crippen molar-refractivity contribution in [3.8, 4) is 5.75 Å². The molecule has 0 unspecified atom stereocenters. The Morgan fingerprint density at radius 1 is 1.00 bits per heavy atom. The maximum atomic E-state index is 12.7. The average molecular weight is 431 g/mol. The Bertz CT molecular complexity index is 1120. The van der Waals surface area contributed by atoms with E-state index in [0.717, 1.165) is 23.8 Å². The summed E-state index contributed by atoms with van der Waals surface area (Å²) in [7, 11) is -3.84. The number of hydrogen-bond donors (Lipinski definition) is 0. The number of nitrogens with zero attached hydrogens (tertiary/aromatic N) is 3. The quantitative estimate of drug-likeness (QED) is 0.389. The lowest BCUT2D eigenvalue weighted by Gasteiger charge is -2.17. The molecule has 30 heavy (non-hydrogen) atoms. The Labute approximate surface area is 171 Å². The molecule has 2 aromatic rings. The lowest BCUT2D eigenvalue weighted by Crippen LogP contribution is -2.33.